The minimum Gasteiger partial charge on any atom is -0.414 e. The van der Waals surface area contributed by atoms with Gasteiger partial charge in [-0.05, 0) is 81.1 Å². The van der Waals surface area contributed by atoms with Gasteiger partial charge in [-0.1, -0.05) is 27.7 Å². The lowest BCUT2D eigenvalue weighted by molar-refractivity contribution is 0.0523. The first-order chi connectivity index (χ1) is 20.6. The van der Waals surface area contributed by atoms with Crippen LogP contribution in [-0.4, -0.2) is 50.3 Å². The molecule has 0 unspecified atom stereocenters. The average molecular weight is 627 g/mol. The molecule has 0 aliphatic carbocycles. The number of nitrogens with zero attached hydrogens (tertiary/aromatic N) is 3. The fraction of sp³-hybridized carbons (Fsp3) is 0.588. The van der Waals surface area contributed by atoms with Gasteiger partial charge in [0.2, 0.25) is 0 Å². The van der Waals surface area contributed by atoms with Crippen molar-refractivity contribution in [2.24, 2.45) is 7.05 Å². The summed E-state index contributed by atoms with van der Waals surface area (Å²) in [6.45, 7) is 18.1. The number of benzene rings is 2. The summed E-state index contributed by atoms with van der Waals surface area (Å²) in [5, 5.41) is 3.91. The Balaban J connectivity index is 1.43. The maximum atomic E-state index is 15.0. The highest BCUT2D eigenvalue weighted by atomic mass is 28.4. The summed E-state index contributed by atoms with van der Waals surface area (Å²) in [6.07, 6.45) is 3.42. The summed E-state index contributed by atoms with van der Waals surface area (Å²) in [5.41, 5.74) is 2.00. The highest BCUT2D eigenvalue weighted by Crippen LogP contribution is 2.40. The Kier molecular flexibility index (Phi) is 9.01. The standard InChI is InChI=1S/C34H48F2N4O3Si/c1-22(26-19-24(36)20-27-30(26)38-32(39(6)31(27)41)34(5)13-17-42-18-14-34)37-28-10-9-23(35)21-29(28)40-15-11-25(12-16-40)43-44(7,8)33(2,3)4/h9-10,19-22,25,37H,11-18H2,1-8H3/t22-/m1/s1. The van der Waals surface area contributed by atoms with Crippen molar-refractivity contribution in [1.82, 2.24) is 9.55 Å². The number of anilines is 2. The van der Waals surface area contributed by atoms with Crippen molar-refractivity contribution in [3.8, 4) is 0 Å². The molecule has 3 aromatic rings. The smallest absolute Gasteiger partial charge is 0.261 e. The van der Waals surface area contributed by atoms with Gasteiger partial charge in [-0.2, -0.15) is 0 Å². The Morgan fingerprint density at radius 3 is 2.39 bits per heavy atom. The van der Waals surface area contributed by atoms with E-state index in [1.54, 1.807) is 23.7 Å². The van der Waals surface area contributed by atoms with Crippen LogP contribution in [0.25, 0.3) is 10.9 Å². The highest BCUT2D eigenvalue weighted by Gasteiger charge is 2.40. The molecule has 0 bridgehead atoms. The summed E-state index contributed by atoms with van der Waals surface area (Å²) in [6, 6.07) is 7.05. The molecular formula is C34H48F2N4O3Si. The lowest BCUT2D eigenvalue weighted by Crippen LogP contribution is -2.47. The number of halogens is 2. The van der Waals surface area contributed by atoms with Crippen LogP contribution in [0.4, 0.5) is 20.2 Å². The van der Waals surface area contributed by atoms with E-state index in [1.807, 2.05) is 6.92 Å². The van der Waals surface area contributed by atoms with Crippen molar-refractivity contribution in [3.05, 3.63) is 63.7 Å². The molecule has 0 amide bonds. The third kappa shape index (κ3) is 6.44. The fourth-order valence-corrected chi connectivity index (χ4v) is 7.71. The van der Waals surface area contributed by atoms with E-state index in [4.69, 9.17) is 14.1 Å². The summed E-state index contributed by atoms with van der Waals surface area (Å²) < 4.78 is 43.4. The van der Waals surface area contributed by atoms with Crippen molar-refractivity contribution in [2.45, 2.75) is 96.0 Å². The number of piperidine rings is 1. The quantitative estimate of drug-likeness (QED) is 0.275. The maximum Gasteiger partial charge on any atom is 0.261 e. The maximum absolute atomic E-state index is 15.0. The summed E-state index contributed by atoms with van der Waals surface area (Å²) in [5.74, 6) is -0.120. The van der Waals surface area contributed by atoms with Crippen LogP contribution in [0.1, 0.15) is 77.7 Å². The number of rotatable bonds is 7. The molecule has 2 saturated heterocycles. The normalized spacial score (nSPS) is 18.9. The molecule has 2 fully saturated rings. The van der Waals surface area contributed by atoms with Gasteiger partial charge in [0.1, 0.15) is 17.5 Å². The lowest BCUT2D eigenvalue weighted by Gasteiger charge is -2.42. The van der Waals surface area contributed by atoms with Crippen molar-refractivity contribution >= 4 is 30.6 Å². The molecule has 0 radical (unpaired) electrons. The van der Waals surface area contributed by atoms with Gasteiger partial charge in [-0.25, -0.2) is 13.8 Å². The molecule has 7 nitrogen and oxygen atoms in total. The molecule has 10 heteroatoms. The number of ether oxygens (including phenoxy) is 1. The topological polar surface area (TPSA) is 68.6 Å². The van der Waals surface area contributed by atoms with Crippen molar-refractivity contribution in [2.75, 3.05) is 36.5 Å². The Morgan fingerprint density at radius 1 is 1.09 bits per heavy atom. The SMILES string of the molecule is C[C@@H](Nc1ccc(F)cc1N1CCC(O[Si](C)(C)C(C)(C)C)CC1)c1cc(F)cc2c(=O)n(C)c(C3(C)CCOCC3)nc12. The third-order valence-electron chi connectivity index (χ3n) is 10.2. The van der Waals surface area contributed by atoms with Gasteiger partial charge in [0.05, 0.1) is 28.3 Å². The first-order valence-corrected chi connectivity index (χ1v) is 18.8. The van der Waals surface area contributed by atoms with Gasteiger partial charge in [0.15, 0.2) is 8.32 Å². The van der Waals surface area contributed by atoms with E-state index in [1.165, 1.54) is 18.2 Å². The first kappa shape index (κ1) is 32.6. The van der Waals surface area contributed by atoms with Crippen LogP contribution in [0.15, 0.2) is 35.1 Å². The molecule has 1 aromatic heterocycles. The number of fused-ring (bicyclic) bond motifs is 1. The zero-order chi connectivity index (χ0) is 32.0. The Hall–Kier alpha value is -2.82. The molecule has 1 atom stereocenters. The Labute approximate surface area is 261 Å². The van der Waals surface area contributed by atoms with Gasteiger partial charge < -0.3 is 19.4 Å². The van der Waals surface area contributed by atoms with E-state index < -0.39 is 20.2 Å². The lowest BCUT2D eigenvalue weighted by atomic mass is 9.81. The molecule has 5 rings (SSSR count). The molecule has 2 aliphatic heterocycles. The molecule has 1 N–H and O–H groups in total. The Bertz CT molecular complexity index is 1570. The van der Waals surface area contributed by atoms with Crippen molar-refractivity contribution in [3.63, 3.8) is 0 Å². The minimum absolute atomic E-state index is 0.142. The van der Waals surface area contributed by atoms with Crippen molar-refractivity contribution < 1.29 is 17.9 Å². The molecular weight excluding hydrogens is 578 g/mol. The van der Waals surface area contributed by atoms with Crippen LogP contribution in [-0.2, 0) is 21.6 Å². The second kappa shape index (κ2) is 12.2. The molecule has 0 spiro atoms. The molecule has 3 heterocycles. The van der Waals surface area contributed by atoms with E-state index in [2.05, 4.69) is 51.0 Å². The van der Waals surface area contributed by atoms with Gasteiger partial charge in [0, 0.05) is 50.4 Å². The predicted molar refractivity (Wildman–Crippen MR) is 176 cm³/mol. The number of hydrogen-bond acceptors (Lipinski definition) is 6. The van der Waals surface area contributed by atoms with E-state index in [9.17, 15) is 9.18 Å². The van der Waals surface area contributed by atoms with Gasteiger partial charge in [-0.15, -0.1) is 0 Å². The molecule has 0 saturated carbocycles. The van der Waals surface area contributed by atoms with E-state index >= 15 is 4.39 Å². The van der Waals surface area contributed by atoms with Crippen LogP contribution >= 0.6 is 0 Å². The number of nitrogens with one attached hydrogen (secondary N) is 1. The number of aromatic nitrogens is 2. The fourth-order valence-electron chi connectivity index (χ4n) is 6.29. The average Bonchev–Trinajstić information content (AvgIpc) is 2.95. The molecule has 240 valence electrons. The second-order valence-corrected chi connectivity index (χ2v) is 19.2. The predicted octanol–water partition coefficient (Wildman–Crippen LogP) is 7.44. The van der Waals surface area contributed by atoms with Gasteiger partial charge >= 0.3 is 0 Å². The van der Waals surface area contributed by atoms with E-state index in [0.717, 1.165) is 50.1 Å². The third-order valence-corrected chi connectivity index (χ3v) is 14.7. The zero-order valence-corrected chi connectivity index (χ0v) is 28.5. The van der Waals surface area contributed by atoms with E-state index in [-0.39, 0.29) is 33.3 Å². The molecule has 2 aliphatic rings. The minimum atomic E-state index is -1.89. The van der Waals surface area contributed by atoms with Crippen LogP contribution in [0.5, 0.6) is 0 Å². The monoisotopic (exact) mass is 626 g/mol. The summed E-state index contributed by atoms with van der Waals surface area (Å²) in [4.78, 5) is 20.8. The van der Waals surface area contributed by atoms with Gasteiger partial charge in [0.25, 0.3) is 5.56 Å². The van der Waals surface area contributed by atoms with Crippen LogP contribution in [0, 0.1) is 11.6 Å². The summed E-state index contributed by atoms with van der Waals surface area (Å²) >= 11 is 0. The number of hydrogen-bond donors (Lipinski definition) is 1. The second-order valence-electron chi connectivity index (χ2n) is 14.5. The largest absolute Gasteiger partial charge is 0.414 e. The Morgan fingerprint density at radius 2 is 1.75 bits per heavy atom. The first-order valence-electron chi connectivity index (χ1n) is 15.9. The van der Waals surface area contributed by atoms with E-state index in [0.29, 0.717) is 30.1 Å². The molecule has 44 heavy (non-hydrogen) atoms. The summed E-state index contributed by atoms with van der Waals surface area (Å²) in [7, 11) is -0.175. The van der Waals surface area contributed by atoms with Crippen LogP contribution < -0.4 is 15.8 Å². The van der Waals surface area contributed by atoms with Gasteiger partial charge in [-0.3, -0.25) is 9.36 Å². The molecule has 2 aromatic carbocycles. The highest BCUT2D eigenvalue weighted by molar-refractivity contribution is 6.74. The van der Waals surface area contributed by atoms with Crippen molar-refractivity contribution in [1.29, 1.82) is 0 Å². The van der Waals surface area contributed by atoms with Crippen LogP contribution in [0.2, 0.25) is 18.1 Å². The zero-order valence-electron chi connectivity index (χ0n) is 27.5. The van der Waals surface area contributed by atoms with Crippen LogP contribution in [0.3, 0.4) is 0 Å².